The summed E-state index contributed by atoms with van der Waals surface area (Å²) in [5.74, 6) is 7.26. The van der Waals surface area contributed by atoms with Crippen LogP contribution < -0.4 is 17.0 Å². The molecular weight excluding hydrogens is 242 g/mol. The number of hydrogen-bond donors (Lipinski definition) is 3. The monoisotopic (exact) mass is 263 g/mol. The normalized spacial score (nSPS) is 12.8. The van der Waals surface area contributed by atoms with Crippen molar-refractivity contribution in [3.63, 3.8) is 0 Å². The van der Waals surface area contributed by atoms with Crippen LogP contribution in [0, 0.1) is 0 Å². The summed E-state index contributed by atoms with van der Waals surface area (Å²) in [6.07, 6.45) is 7.29. The maximum absolute atomic E-state index is 5.98. The van der Waals surface area contributed by atoms with Crippen molar-refractivity contribution in [1.29, 1.82) is 0 Å². The van der Waals surface area contributed by atoms with Crippen molar-refractivity contribution in [3.05, 3.63) is 30.0 Å². The first-order chi connectivity index (χ1) is 9.17. The summed E-state index contributed by atoms with van der Waals surface area (Å²) >= 11 is 0. The molecule has 2 heterocycles. The predicted molar refractivity (Wildman–Crippen MR) is 73.9 cm³/mol. The maximum Gasteiger partial charge on any atom is 0.126 e. The molecule has 0 saturated carbocycles. The van der Waals surface area contributed by atoms with E-state index < -0.39 is 0 Å². The number of nitrogen functional groups attached to an aromatic ring is 1. The van der Waals surface area contributed by atoms with Crippen LogP contribution in [-0.4, -0.2) is 19.3 Å². The van der Waals surface area contributed by atoms with E-state index in [0.717, 1.165) is 24.4 Å². The van der Waals surface area contributed by atoms with Crippen LogP contribution in [-0.2, 0) is 20.0 Å². The zero-order valence-corrected chi connectivity index (χ0v) is 11.4. The van der Waals surface area contributed by atoms with Gasteiger partial charge in [0.2, 0.25) is 0 Å². The molecular formula is C12H21N7. The zero-order chi connectivity index (χ0) is 13.8. The highest BCUT2D eigenvalue weighted by atomic mass is 15.3. The predicted octanol–water partition coefficient (Wildman–Crippen LogP) is 0.356. The fourth-order valence-electron chi connectivity index (χ4n) is 2.15. The second-order valence-corrected chi connectivity index (χ2v) is 4.57. The number of hydrazine groups is 1. The number of rotatable bonds is 6. The molecule has 0 aromatic carbocycles. The van der Waals surface area contributed by atoms with E-state index in [2.05, 4.69) is 27.0 Å². The minimum Gasteiger partial charge on any atom is -0.384 e. The van der Waals surface area contributed by atoms with Gasteiger partial charge in [-0.15, -0.1) is 0 Å². The van der Waals surface area contributed by atoms with Crippen LogP contribution in [0.25, 0.3) is 0 Å². The first kappa shape index (κ1) is 13.6. The van der Waals surface area contributed by atoms with E-state index in [9.17, 15) is 0 Å². The molecule has 0 aliphatic carbocycles. The average molecular weight is 263 g/mol. The van der Waals surface area contributed by atoms with E-state index in [1.807, 2.05) is 19.4 Å². The third-order valence-electron chi connectivity index (χ3n) is 3.24. The average Bonchev–Trinajstić information content (AvgIpc) is 2.97. The molecule has 7 heteroatoms. The molecule has 104 valence electrons. The molecule has 0 aliphatic heterocycles. The Balaban J connectivity index is 2.19. The van der Waals surface area contributed by atoms with E-state index in [1.165, 1.54) is 0 Å². The van der Waals surface area contributed by atoms with Crippen LogP contribution in [0.4, 0.5) is 5.82 Å². The Bertz CT molecular complexity index is 528. The second-order valence-electron chi connectivity index (χ2n) is 4.57. The summed E-state index contributed by atoms with van der Waals surface area (Å²) in [5.41, 5.74) is 9.68. The number of nitrogens with one attached hydrogen (secondary N) is 1. The molecule has 5 N–H and O–H groups in total. The molecule has 0 fully saturated rings. The highest BCUT2D eigenvalue weighted by Crippen LogP contribution is 2.22. The molecule has 0 radical (unpaired) electrons. The van der Waals surface area contributed by atoms with Crippen LogP contribution in [0.15, 0.2) is 18.6 Å². The first-order valence-electron chi connectivity index (χ1n) is 6.40. The van der Waals surface area contributed by atoms with Gasteiger partial charge in [0.1, 0.15) is 11.6 Å². The fraction of sp³-hybridized carbons (Fsp3) is 0.500. The van der Waals surface area contributed by atoms with Gasteiger partial charge in [-0.05, 0) is 6.42 Å². The molecule has 0 aliphatic rings. The van der Waals surface area contributed by atoms with Crippen molar-refractivity contribution >= 4 is 5.82 Å². The van der Waals surface area contributed by atoms with E-state index >= 15 is 0 Å². The van der Waals surface area contributed by atoms with Crippen LogP contribution >= 0.6 is 0 Å². The van der Waals surface area contributed by atoms with E-state index in [0.29, 0.717) is 12.2 Å². The lowest BCUT2D eigenvalue weighted by Crippen LogP contribution is -2.30. The third kappa shape index (κ3) is 2.77. The van der Waals surface area contributed by atoms with E-state index in [4.69, 9.17) is 11.6 Å². The lowest BCUT2D eigenvalue weighted by molar-refractivity contribution is 0.518. The summed E-state index contributed by atoms with van der Waals surface area (Å²) < 4.78 is 3.77. The van der Waals surface area contributed by atoms with Crippen LogP contribution in [0.1, 0.15) is 30.8 Å². The van der Waals surface area contributed by atoms with Gasteiger partial charge < -0.3 is 10.3 Å². The van der Waals surface area contributed by atoms with Crippen molar-refractivity contribution in [2.75, 3.05) is 5.73 Å². The highest BCUT2D eigenvalue weighted by molar-refractivity contribution is 5.41. The molecule has 1 atom stereocenters. The van der Waals surface area contributed by atoms with Gasteiger partial charge in [0.05, 0.1) is 12.2 Å². The van der Waals surface area contributed by atoms with Gasteiger partial charge >= 0.3 is 0 Å². The van der Waals surface area contributed by atoms with Crippen molar-refractivity contribution in [1.82, 2.24) is 24.8 Å². The Kier molecular flexibility index (Phi) is 4.18. The van der Waals surface area contributed by atoms with E-state index in [1.54, 1.807) is 10.9 Å². The molecule has 2 rings (SSSR count). The number of anilines is 1. The Hall–Kier alpha value is -1.86. The SMILES string of the molecule is CCCn1ccnc1CC(NN)c1cnn(C)c1N. The van der Waals surface area contributed by atoms with Crippen molar-refractivity contribution in [3.8, 4) is 0 Å². The Morgan fingerprint density at radius 2 is 2.26 bits per heavy atom. The van der Waals surface area contributed by atoms with Crippen LogP contribution in [0.5, 0.6) is 0 Å². The minimum absolute atomic E-state index is 0.0910. The molecule has 2 aromatic rings. The number of hydrogen-bond acceptors (Lipinski definition) is 5. The lowest BCUT2D eigenvalue weighted by atomic mass is 10.1. The summed E-state index contributed by atoms with van der Waals surface area (Å²) in [6.45, 7) is 3.09. The first-order valence-corrected chi connectivity index (χ1v) is 6.40. The Morgan fingerprint density at radius 1 is 1.47 bits per heavy atom. The van der Waals surface area contributed by atoms with Gasteiger partial charge in [-0.1, -0.05) is 6.92 Å². The van der Waals surface area contributed by atoms with Crippen LogP contribution in [0.2, 0.25) is 0 Å². The summed E-state index contributed by atoms with van der Waals surface area (Å²) in [4.78, 5) is 4.38. The molecule has 19 heavy (non-hydrogen) atoms. The molecule has 1 unspecified atom stereocenters. The summed E-state index contributed by atoms with van der Waals surface area (Å²) in [7, 11) is 1.81. The smallest absolute Gasteiger partial charge is 0.126 e. The number of nitrogens with two attached hydrogens (primary N) is 2. The molecule has 0 amide bonds. The number of aromatic nitrogens is 4. The molecule has 0 saturated heterocycles. The van der Waals surface area contributed by atoms with Gasteiger partial charge in [0.15, 0.2) is 0 Å². The van der Waals surface area contributed by atoms with Gasteiger partial charge in [0.25, 0.3) is 0 Å². The van der Waals surface area contributed by atoms with E-state index in [-0.39, 0.29) is 6.04 Å². The standard InChI is InChI=1S/C12H21N7/c1-3-5-19-6-4-15-11(19)7-10(17-14)9-8-16-18(2)12(9)13/h4,6,8,10,17H,3,5,7,13-14H2,1-2H3. The zero-order valence-electron chi connectivity index (χ0n) is 11.4. The molecule has 7 nitrogen and oxygen atoms in total. The third-order valence-corrected chi connectivity index (χ3v) is 3.24. The van der Waals surface area contributed by atoms with Crippen molar-refractivity contribution in [2.24, 2.45) is 12.9 Å². The van der Waals surface area contributed by atoms with Crippen molar-refractivity contribution < 1.29 is 0 Å². The number of nitrogens with zero attached hydrogens (tertiary/aromatic N) is 4. The second kappa shape index (κ2) is 5.85. The van der Waals surface area contributed by atoms with Crippen molar-refractivity contribution in [2.45, 2.75) is 32.4 Å². The largest absolute Gasteiger partial charge is 0.384 e. The summed E-state index contributed by atoms with van der Waals surface area (Å²) in [5, 5.41) is 4.14. The lowest BCUT2D eigenvalue weighted by Gasteiger charge is -2.16. The highest BCUT2D eigenvalue weighted by Gasteiger charge is 2.18. The van der Waals surface area contributed by atoms with Gasteiger partial charge in [-0.2, -0.15) is 5.10 Å². The topological polar surface area (TPSA) is 99.7 Å². The molecule has 0 bridgehead atoms. The maximum atomic E-state index is 5.98. The molecule has 2 aromatic heterocycles. The van der Waals surface area contributed by atoms with Gasteiger partial charge in [-0.25, -0.2) is 4.98 Å². The number of imidazole rings is 1. The number of aryl methyl sites for hydroxylation is 2. The Labute approximate surface area is 112 Å². The van der Waals surface area contributed by atoms with Crippen LogP contribution in [0.3, 0.4) is 0 Å². The molecule has 0 spiro atoms. The van der Waals surface area contributed by atoms with Gasteiger partial charge in [0, 0.05) is 38.0 Å². The fourth-order valence-corrected chi connectivity index (χ4v) is 2.15. The van der Waals surface area contributed by atoms with Gasteiger partial charge in [-0.3, -0.25) is 16.0 Å². The quantitative estimate of drug-likeness (QED) is 0.516. The Morgan fingerprint density at radius 3 is 2.84 bits per heavy atom. The summed E-state index contributed by atoms with van der Waals surface area (Å²) in [6, 6.07) is -0.0910. The minimum atomic E-state index is -0.0910.